The molecule has 0 amide bonds. The van der Waals surface area contributed by atoms with Crippen LogP contribution in [-0.4, -0.2) is 26.7 Å². The van der Waals surface area contributed by atoms with Crippen LogP contribution in [0.2, 0.25) is 0 Å². The van der Waals surface area contributed by atoms with E-state index in [1.165, 1.54) is 0 Å². The highest BCUT2D eigenvalue weighted by molar-refractivity contribution is 7.92. The number of anilines is 1. The summed E-state index contributed by atoms with van der Waals surface area (Å²) in [5.41, 5.74) is 2.51. The number of furan rings is 1. The van der Waals surface area contributed by atoms with Crippen molar-refractivity contribution >= 4 is 32.6 Å². The number of sulfonamides is 1. The Morgan fingerprint density at radius 2 is 1.89 bits per heavy atom. The quantitative estimate of drug-likeness (QED) is 0.622. The number of carbonyl (C=O) groups excluding carboxylic acids is 1. The summed E-state index contributed by atoms with van der Waals surface area (Å²) in [5.74, 6) is -0.417. The Morgan fingerprint density at radius 3 is 2.59 bits per heavy atom. The predicted octanol–water partition coefficient (Wildman–Crippen LogP) is 3.90. The first kappa shape index (κ1) is 19.0. The van der Waals surface area contributed by atoms with E-state index in [4.69, 9.17) is 9.15 Å². The number of ether oxygens (including phenoxy) is 1. The first-order valence-electron chi connectivity index (χ1n) is 8.64. The van der Waals surface area contributed by atoms with Gasteiger partial charge in [0.1, 0.15) is 5.58 Å². The molecular formula is C20H21NO5S. The minimum Gasteiger partial charge on any atom is -0.460 e. The lowest BCUT2D eigenvalue weighted by Gasteiger charge is -2.08. The second-order valence-electron chi connectivity index (χ2n) is 6.14. The van der Waals surface area contributed by atoms with Crippen molar-refractivity contribution in [1.29, 1.82) is 0 Å². The Balaban J connectivity index is 1.78. The Bertz CT molecular complexity index is 1050. The van der Waals surface area contributed by atoms with E-state index in [1.807, 2.05) is 30.3 Å². The lowest BCUT2D eigenvalue weighted by Crippen LogP contribution is -2.18. The molecule has 0 saturated carbocycles. The highest BCUT2D eigenvalue weighted by atomic mass is 32.2. The van der Waals surface area contributed by atoms with E-state index < -0.39 is 16.0 Å². The summed E-state index contributed by atoms with van der Waals surface area (Å²) >= 11 is 0. The van der Waals surface area contributed by atoms with Crippen LogP contribution in [0.3, 0.4) is 0 Å². The first-order valence-corrected chi connectivity index (χ1v) is 10.3. The fourth-order valence-electron chi connectivity index (χ4n) is 2.80. The fourth-order valence-corrected chi connectivity index (χ4v) is 3.90. The van der Waals surface area contributed by atoms with Gasteiger partial charge in [0.2, 0.25) is 15.8 Å². The number of hydrogen-bond donors (Lipinski definition) is 1. The molecule has 0 atom stereocenters. The van der Waals surface area contributed by atoms with Gasteiger partial charge in [-0.25, -0.2) is 13.2 Å². The van der Waals surface area contributed by atoms with Crippen molar-refractivity contribution < 1.29 is 22.4 Å². The normalized spacial score (nSPS) is 11.5. The third-order valence-electron chi connectivity index (χ3n) is 4.17. The molecule has 2 aromatic carbocycles. The largest absolute Gasteiger partial charge is 0.460 e. The standard InChI is InChI=1S/C20H21NO5S/c1-3-25-20(22)19-14(2)17-13-16(9-10-18(17)26-19)21-27(23,24)12-11-15-7-5-4-6-8-15/h4-10,13,21H,3,11-12H2,1-2H3. The molecular weight excluding hydrogens is 366 g/mol. The van der Waals surface area contributed by atoms with Crippen molar-refractivity contribution in [2.24, 2.45) is 0 Å². The number of aryl methyl sites for hydroxylation is 2. The van der Waals surface area contributed by atoms with Gasteiger partial charge < -0.3 is 9.15 Å². The summed E-state index contributed by atoms with van der Waals surface area (Å²) in [5, 5.41) is 0.668. The SMILES string of the molecule is CCOC(=O)c1oc2ccc(NS(=O)(=O)CCc3ccccc3)cc2c1C. The lowest BCUT2D eigenvalue weighted by atomic mass is 10.1. The van der Waals surface area contributed by atoms with Gasteiger partial charge in [0, 0.05) is 16.6 Å². The smallest absolute Gasteiger partial charge is 0.374 e. The van der Waals surface area contributed by atoms with E-state index in [1.54, 1.807) is 32.0 Å². The number of rotatable bonds is 7. The van der Waals surface area contributed by atoms with Crippen LogP contribution in [0.1, 0.15) is 28.6 Å². The van der Waals surface area contributed by atoms with Crippen LogP contribution in [0.5, 0.6) is 0 Å². The van der Waals surface area contributed by atoms with Crippen molar-refractivity contribution in [2.45, 2.75) is 20.3 Å². The van der Waals surface area contributed by atoms with Crippen molar-refractivity contribution in [3.8, 4) is 0 Å². The van der Waals surface area contributed by atoms with Gasteiger partial charge in [-0.2, -0.15) is 0 Å². The minimum atomic E-state index is -3.50. The fraction of sp³-hybridized carbons (Fsp3) is 0.250. The molecule has 0 bridgehead atoms. The van der Waals surface area contributed by atoms with Crippen molar-refractivity contribution in [3.05, 3.63) is 65.4 Å². The van der Waals surface area contributed by atoms with Gasteiger partial charge >= 0.3 is 5.97 Å². The van der Waals surface area contributed by atoms with Gasteiger partial charge in [-0.05, 0) is 44.0 Å². The molecule has 1 aromatic heterocycles. The molecule has 0 aliphatic carbocycles. The number of hydrogen-bond acceptors (Lipinski definition) is 5. The van der Waals surface area contributed by atoms with Crippen molar-refractivity contribution in [1.82, 2.24) is 0 Å². The summed E-state index contributed by atoms with van der Waals surface area (Å²) in [6.07, 6.45) is 0.427. The molecule has 27 heavy (non-hydrogen) atoms. The van der Waals surface area contributed by atoms with Crippen LogP contribution in [0.15, 0.2) is 52.9 Å². The molecule has 0 aliphatic rings. The summed E-state index contributed by atoms with van der Waals surface area (Å²) < 4.78 is 37.9. The molecule has 1 heterocycles. The van der Waals surface area contributed by atoms with E-state index in [2.05, 4.69) is 4.72 Å². The Morgan fingerprint density at radius 1 is 1.15 bits per heavy atom. The molecule has 0 spiro atoms. The van der Waals surface area contributed by atoms with Crippen molar-refractivity contribution in [3.63, 3.8) is 0 Å². The topological polar surface area (TPSA) is 85.6 Å². The number of nitrogens with one attached hydrogen (secondary N) is 1. The summed E-state index contributed by atoms with van der Waals surface area (Å²) in [6, 6.07) is 14.4. The highest BCUT2D eigenvalue weighted by Gasteiger charge is 2.19. The van der Waals surface area contributed by atoms with Gasteiger partial charge in [0.05, 0.1) is 12.4 Å². The molecule has 7 heteroatoms. The third-order valence-corrected chi connectivity index (χ3v) is 5.46. The average Bonchev–Trinajstić information content (AvgIpc) is 2.97. The van der Waals surface area contributed by atoms with Gasteiger partial charge in [-0.1, -0.05) is 30.3 Å². The van der Waals surface area contributed by atoms with E-state index in [0.717, 1.165) is 5.56 Å². The van der Waals surface area contributed by atoms with Crippen molar-refractivity contribution in [2.75, 3.05) is 17.1 Å². The van der Waals surface area contributed by atoms with Crippen LogP contribution in [0.25, 0.3) is 11.0 Å². The highest BCUT2D eigenvalue weighted by Crippen LogP contribution is 2.28. The van der Waals surface area contributed by atoms with E-state index >= 15 is 0 Å². The average molecular weight is 387 g/mol. The van der Waals surface area contributed by atoms with Crippen LogP contribution < -0.4 is 4.72 Å². The molecule has 0 saturated heterocycles. The second-order valence-corrected chi connectivity index (χ2v) is 7.99. The summed E-state index contributed by atoms with van der Waals surface area (Å²) in [7, 11) is -3.50. The molecule has 3 rings (SSSR count). The number of fused-ring (bicyclic) bond motifs is 1. The number of benzene rings is 2. The van der Waals surface area contributed by atoms with E-state index in [9.17, 15) is 13.2 Å². The second kappa shape index (κ2) is 7.84. The molecule has 0 fully saturated rings. The van der Waals surface area contributed by atoms with Gasteiger partial charge in [0.15, 0.2) is 0 Å². The lowest BCUT2D eigenvalue weighted by molar-refractivity contribution is 0.0491. The molecule has 0 radical (unpaired) electrons. The first-order chi connectivity index (χ1) is 12.9. The maximum atomic E-state index is 12.4. The zero-order chi connectivity index (χ0) is 19.4. The molecule has 3 aromatic rings. The zero-order valence-corrected chi connectivity index (χ0v) is 16.0. The molecule has 6 nitrogen and oxygen atoms in total. The number of esters is 1. The van der Waals surface area contributed by atoms with Crippen LogP contribution in [0, 0.1) is 6.92 Å². The Hall–Kier alpha value is -2.80. The monoisotopic (exact) mass is 387 g/mol. The molecule has 1 N–H and O–H groups in total. The van der Waals surface area contributed by atoms with Gasteiger partial charge in [0.25, 0.3) is 0 Å². The molecule has 142 valence electrons. The van der Waals surface area contributed by atoms with Crippen LogP contribution in [0.4, 0.5) is 5.69 Å². The maximum absolute atomic E-state index is 12.4. The maximum Gasteiger partial charge on any atom is 0.374 e. The van der Waals surface area contributed by atoms with Crippen LogP contribution in [-0.2, 0) is 21.2 Å². The Kier molecular flexibility index (Phi) is 5.51. The van der Waals surface area contributed by atoms with Gasteiger partial charge in [-0.15, -0.1) is 0 Å². The van der Waals surface area contributed by atoms with Crippen LogP contribution >= 0.6 is 0 Å². The molecule has 0 aliphatic heterocycles. The summed E-state index contributed by atoms with van der Waals surface area (Å²) in [4.78, 5) is 11.9. The Labute approximate surface area is 158 Å². The van der Waals surface area contributed by atoms with E-state index in [-0.39, 0.29) is 18.1 Å². The van der Waals surface area contributed by atoms with E-state index in [0.29, 0.717) is 28.6 Å². The van der Waals surface area contributed by atoms with Gasteiger partial charge in [-0.3, -0.25) is 4.72 Å². The third kappa shape index (κ3) is 4.49. The molecule has 0 unspecified atom stereocenters. The zero-order valence-electron chi connectivity index (χ0n) is 15.2. The predicted molar refractivity (Wildman–Crippen MR) is 104 cm³/mol. The number of carbonyl (C=O) groups is 1. The summed E-state index contributed by atoms with van der Waals surface area (Å²) in [6.45, 7) is 3.71. The minimum absolute atomic E-state index is 0.0203.